The molecule has 1 aliphatic carbocycles. The van der Waals surface area contributed by atoms with Crippen LogP contribution in [0.2, 0.25) is 0 Å². The molecule has 0 heterocycles. The molecule has 0 aromatic heterocycles. The highest BCUT2D eigenvalue weighted by Gasteiger charge is 2.37. The quantitative estimate of drug-likeness (QED) is 0.148. The van der Waals surface area contributed by atoms with E-state index in [1.54, 1.807) is 0 Å². The Morgan fingerprint density at radius 3 is 1.56 bits per heavy atom. The molecule has 294 valence electrons. The van der Waals surface area contributed by atoms with E-state index < -0.39 is 0 Å². The van der Waals surface area contributed by atoms with Crippen molar-refractivity contribution >= 4 is 27.8 Å². The first-order chi connectivity index (χ1) is 30.5. The molecule has 10 aromatic rings. The third-order valence-corrected chi connectivity index (χ3v) is 12.8. The number of anilines is 3. The van der Waals surface area contributed by atoms with Gasteiger partial charge in [0.2, 0.25) is 0 Å². The van der Waals surface area contributed by atoms with Crippen molar-refractivity contribution in [3.63, 3.8) is 0 Å². The summed E-state index contributed by atoms with van der Waals surface area (Å²) in [5, 5.41) is 2.47. The normalized spacial score (nSPS) is 12.5. The minimum atomic E-state index is -0.148. The summed E-state index contributed by atoms with van der Waals surface area (Å²) in [4.78, 5) is 2.49. The first-order valence-electron chi connectivity index (χ1n) is 21.6. The fourth-order valence-electron chi connectivity index (χ4n) is 9.96. The molecular weight excluding hydrogens is 747 g/mol. The van der Waals surface area contributed by atoms with Gasteiger partial charge in [-0.15, -0.1) is 0 Å². The van der Waals surface area contributed by atoms with Gasteiger partial charge in [-0.3, -0.25) is 0 Å². The van der Waals surface area contributed by atoms with Crippen LogP contribution in [0.15, 0.2) is 237 Å². The maximum absolute atomic E-state index is 2.49. The van der Waals surface area contributed by atoms with E-state index in [4.69, 9.17) is 0 Å². The maximum atomic E-state index is 2.49. The molecule has 0 saturated heterocycles. The molecule has 1 heteroatoms. The SMILES string of the molecule is CC1(C)c2ccccc2-c2cccc(-c3cccc(N(c4cccc(-c5ccc6ccccc6c5)c4)c4cccc(-c5ccccc5)c4-c4ccccc4-c4ccccc4)c3)c21. The number of benzene rings is 10. The van der Waals surface area contributed by atoms with Crippen LogP contribution in [-0.4, -0.2) is 0 Å². The lowest BCUT2D eigenvalue weighted by molar-refractivity contribution is 0.662. The zero-order valence-corrected chi connectivity index (χ0v) is 35.0. The molecule has 1 nitrogen and oxygen atoms in total. The van der Waals surface area contributed by atoms with Crippen molar-refractivity contribution in [1.82, 2.24) is 0 Å². The standard InChI is InChI=1S/C61H45N/c1-61(2)57-35-14-13-30-54(57)56-34-17-33-53(60(56)61)48-26-16-28-50(41-48)62(49-27-15-25-46(40-49)47-38-37-42-19-9-10-24-45(42)39-47)58-36-18-32-52(44-22-7-4-8-23-44)59(58)55-31-12-11-29-51(55)43-20-5-3-6-21-43/h3-41H,1-2H3. The van der Waals surface area contributed by atoms with Crippen LogP contribution in [0.3, 0.4) is 0 Å². The van der Waals surface area contributed by atoms with E-state index in [1.165, 1.54) is 88.7 Å². The number of hydrogen-bond acceptors (Lipinski definition) is 1. The third kappa shape index (κ3) is 6.42. The Kier molecular flexibility index (Phi) is 9.24. The maximum Gasteiger partial charge on any atom is 0.0546 e. The summed E-state index contributed by atoms with van der Waals surface area (Å²) < 4.78 is 0. The molecule has 0 fully saturated rings. The van der Waals surface area contributed by atoms with Crippen LogP contribution in [0.4, 0.5) is 17.1 Å². The summed E-state index contributed by atoms with van der Waals surface area (Å²) in [5.41, 5.74) is 20.5. The van der Waals surface area contributed by atoms with Gasteiger partial charge < -0.3 is 4.90 Å². The second-order valence-corrected chi connectivity index (χ2v) is 16.9. The smallest absolute Gasteiger partial charge is 0.0546 e. The van der Waals surface area contributed by atoms with Gasteiger partial charge in [0.1, 0.15) is 0 Å². The Morgan fingerprint density at radius 2 is 0.806 bits per heavy atom. The third-order valence-electron chi connectivity index (χ3n) is 12.8. The molecule has 0 aliphatic heterocycles. The summed E-state index contributed by atoms with van der Waals surface area (Å²) in [6, 6.07) is 86.8. The van der Waals surface area contributed by atoms with E-state index in [0.29, 0.717) is 0 Å². The van der Waals surface area contributed by atoms with Gasteiger partial charge in [0.05, 0.1) is 5.69 Å². The zero-order valence-electron chi connectivity index (χ0n) is 35.0. The van der Waals surface area contributed by atoms with Gasteiger partial charge in [-0.05, 0) is 119 Å². The van der Waals surface area contributed by atoms with Crippen molar-refractivity contribution < 1.29 is 0 Å². The Bertz CT molecular complexity index is 3270. The van der Waals surface area contributed by atoms with Crippen LogP contribution in [0.25, 0.3) is 77.5 Å². The predicted octanol–water partition coefficient (Wildman–Crippen LogP) is 17.0. The van der Waals surface area contributed by atoms with Crippen LogP contribution in [0, 0.1) is 0 Å². The van der Waals surface area contributed by atoms with Gasteiger partial charge in [-0.25, -0.2) is 0 Å². The Labute approximate surface area is 364 Å². The van der Waals surface area contributed by atoms with E-state index >= 15 is 0 Å². The van der Waals surface area contributed by atoms with Crippen LogP contribution < -0.4 is 4.90 Å². The lowest BCUT2D eigenvalue weighted by atomic mass is 9.79. The first kappa shape index (κ1) is 37.3. The first-order valence-corrected chi connectivity index (χ1v) is 21.6. The molecular formula is C61H45N. The van der Waals surface area contributed by atoms with Gasteiger partial charge in [0.15, 0.2) is 0 Å². The molecule has 62 heavy (non-hydrogen) atoms. The minimum Gasteiger partial charge on any atom is -0.310 e. The predicted molar refractivity (Wildman–Crippen MR) is 263 cm³/mol. The van der Waals surface area contributed by atoms with E-state index in [1.807, 2.05) is 0 Å². The summed E-state index contributed by atoms with van der Waals surface area (Å²) in [5.74, 6) is 0. The summed E-state index contributed by atoms with van der Waals surface area (Å²) in [6.45, 7) is 4.75. The summed E-state index contributed by atoms with van der Waals surface area (Å²) >= 11 is 0. The average molecular weight is 792 g/mol. The van der Waals surface area contributed by atoms with Crippen molar-refractivity contribution in [2.75, 3.05) is 4.90 Å². The molecule has 10 aromatic carbocycles. The van der Waals surface area contributed by atoms with Crippen LogP contribution in [0.1, 0.15) is 25.0 Å². The van der Waals surface area contributed by atoms with Crippen molar-refractivity contribution in [2.45, 2.75) is 19.3 Å². The van der Waals surface area contributed by atoms with Gasteiger partial charge in [-0.2, -0.15) is 0 Å². The Balaban J connectivity index is 1.17. The van der Waals surface area contributed by atoms with Gasteiger partial charge >= 0.3 is 0 Å². The molecule has 0 radical (unpaired) electrons. The topological polar surface area (TPSA) is 3.24 Å². The molecule has 0 N–H and O–H groups in total. The molecule has 0 bridgehead atoms. The van der Waals surface area contributed by atoms with Crippen LogP contribution in [0.5, 0.6) is 0 Å². The van der Waals surface area contributed by atoms with Crippen LogP contribution >= 0.6 is 0 Å². The number of rotatable bonds is 8. The fourth-order valence-corrected chi connectivity index (χ4v) is 9.96. The van der Waals surface area contributed by atoms with E-state index in [0.717, 1.165) is 17.1 Å². The number of nitrogens with zero attached hydrogens (tertiary/aromatic N) is 1. The lowest BCUT2D eigenvalue weighted by Crippen LogP contribution is -2.16. The largest absolute Gasteiger partial charge is 0.310 e. The molecule has 0 amide bonds. The highest BCUT2D eigenvalue weighted by atomic mass is 15.1. The van der Waals surface area contributed by atoms with E-state index in [-0.39, 0.29) is 5.41 Å². The van der Waals surface area contributed by atoms with Crippen molar-refractivity contribution in [3.05, 3.63) is 248 Å². The molecule has 0 saturated carbocycles. The van der Waals surface area contributed by atoms with Crippen molar-refractivity contribution in [2.24, 2.45) is 0 Å². The van der Waals surface area contributed by atoms with Gasteiger partial charge in [-0.1, -0.05) is 214 Å². The van der Waals surface area contributed by atoms with E-state index in [2.05, 4.69) is 255 Å². The number of hydrogen-bond donors (Lipinski definition) is 0. The van der Waals surface area contributed by atoms with Crippen molar-refractivity contribution in [1.29, 1.82) is 0 Å². The van der Waals surface area contributed by atoms with Crippen LogP contribution in [-0.2, 0) is 5.41 Å². The minimum absolute atomic E-state index is 0.148. The second kappa shape index (κ2) is 15.4. The van der Waals surface area contributed by atoms with E-state index in [9.17, 15) is 0 Å². The molecule has 0 atom stereocenters. The summed E-state index contributed by atoms with van der Waals surface area (Å²) in [7, 11) is 0. The highest BCUT2D eigenvalue weighted by Crippen LogP contribution is 2.53. The summed E-state index contributed by atoms with van der Waals surface area (Å²) in [6.07, 6.45) is 0. The molecule has 0 unspecified atom stereocenters. The Morgan fingerprint density at radius 1 is 0.306 bits per heavy atom. The second-order valence-electron chi connectivity index (χ2n) is 16.9. The highest BCUT2D eigenvalue weighted by molar-refractivity contribution is 6.02. The fraction of sp³-hybridized carbons (Fsp3) is 0.0492. The molecule has 0 spiro atoms. The molecule has 11 rings (SSSR count). The van der Waals surface area contributed by atoms with Crippen molar-refractivity contribution in [3.8, 4) is 66.8 Å². The lowest BCUT2D eigenvalue weighted by Gasteiger charge is -2.31. The zero-order chi connectivity index (χ0) is 41.6. The average Bonchev–Trinajstić information content (AvgIpc) is 3.58. The monoisotopic (exact) mass is 791 g/mol. The number of fused-ring (bicyclic) bond motifs is 4. The van der Waals surface area contributed by atoms with Gasteiger partial charge in [0, 0.05) is 22.4 Å². The molecule has 1 aliphatic rings. The Hall–Kier alpha value is -7.74. The van der Waals surface area contributed by atoms with Gasteiger partial charge in [0.25, 0.3) is 0 Å².